The standard InChI is InChI=1S/C20H29NO5/c1-7-9-11-13-20(12-10-8-2)14-15(16(22)25-6)21(17(20)23)18(24)26-19(3,4)5/h8-9,15H,1-2,10-14H2,3-6H3/t15-,20?/m0/s1. The van der Waals surface area contributed by atoms with E-state index in [0.29, 0.717) is 25.7 Å². The third-order valence-electron chi connectivity index (χ3n) is 4.37. The van der Waals surface area contributed by atoms with E-state index in [1.54, 1.807) is 32.9 Å². The summed E-state index contributed by atoms with van der Waals surface area (Å²) in [6, 6.07) is -0.986. The number of esters is 1. The van der Waals surface area contributed by atoms with Gasteiger partial charge in [-0.3, -0.25) is 4.79 Å². The monoisotopic (exact) mass is 363 g/mol. The number of nitrogens with zero attached hydrogens (tertiary/aromatic N) is 1. The summed E-state index contributed by atoms with van der Waals surface area (Å²) < 4.78 is 10.2. The van der Waals surface area contributed by atoms with Crippen LogP contribution in [0.1, 0.15) is 52.9 Å². The van der Waals surface area contributed by atoms with E-state index in [0.717, 1.165) is 4.90 Å². The van der Waals surface area contributed by atoms with Crippen molar-refractivity contribution in [1.82, 2.24) is 4.90 Å². The van der Waals surface area contributed by atoms with Crippen LogP contribution in [-0.2, 0) is 19.1 Å². The number of rotatable bonds is 7. The second-order valence-electron chi connectivity index (χ2n) is 7.45. The Morgan fingerprint density at radius 2 is 1.96 bits per heavy atom. The maximum atomic E-state index is 13.2. The SMILES string of the molecule is C=C=CCCC1(CCC=C)C[C@@H](C(=O)OC)N(C(=O)OC(C)(C)C)C1=O. The molecular formula is C20H29NO5. The van der Waals surface area contributed by atoms with Gasteiger partial charge in [0.1, 0.15) is 11.6 Å². The van der Waals surface area contributed by atoms with Crippen molar-refractivity contribution < 1.29 is 23.9 Å². The molecule has 0 aromatic rings. The second kappa shape index (κ2) is 8.86. The summed E-state index contributed by atoms with van der Waals surface area (Å²) in [5.41, 5.74) is 1.06. The van der Waals surface area contributed by atoms with Crippen molar-refractivity contribution in [3.63, 3.8) is 0 Å². The van der Waals surface area contributed by atoms with E-state index < -0.39 is 35.0 Å². The molecule has 0 aliphatic carbocycles. The number of ether oxygens (including phenoxy) is 2. The van der Waals surface area contributed by atoms with Gasteiger partial charge in [0.05, 0.1) is 12.5 Å². The predicted octanol–water partition coefficient (Wildman–Crippen LogP) is 3.77. The van der Waals surface area contributed by atoms with Gasteiger partial charge in [0.2, 0.25) is 5.91 Å². The van der Waals surface area contributed by atoms with Crippen LogP contribution in [0.2, 0.25) is 0 Å². The molecule has 0 bridgehead atoms. The highest BCUT2D eigenvalue weighted by Gasteiger charge is 2.56. The number of carbonyl (C=O) groups excluding carboxylic acids is 3. The molecule has 26 heavy (non-hydrogen) atoms. The molecule has 1 heterocycles. The minimum Gasteiger partial charge on any atom is -0.467 e. The Balaban J connectivity index is 3.26. The van der Waals surface area contributed by atoms with Gasteiger partial charge in [0, 0.05) is 0 Å². The summed E-state index contributed by atoms with van der Waals surface area (Å²) in [6.07, 6.45) is 4.99. The van der Waals surface area contributed by atoms with Gasteiger partial charge < -0.3 is 9.47 Å². The van der Waals surface area contributed by atoms with E-state index in [9.17, 15) is 14.4 Å². The number of allylic oxidation sites excluding steroid dienone is 2. The van der Waals surface area contributed by atoms with Gasteiger partial charge >= 0.3 is 12.1 Å². The molecule has 0 saturated carbocycles. The van der Waals surface area contributed by atoms with Crippen molar-refractivity contribution in [2.24, 2.45) is 5.41 Å². The topological polar surface area (TPSA) is 72.9 Å². The van der Waals surface area contributed by atoms with Crippen LogP contribution < -0.4 is 0 Å². The molecular weight excluding hydrogens is 334 g/mol. The average molecular weight is 363 g/mol. The Labute approximate surface area is 155 Å². The lowest BCUT2D eigenvalue weighted by atomic mass is 9.76. The number of hydrogen-bond donors (Lipinski definition) is 0. The zero-order chi connectivity index (χ0) is 20.0. The summed E-state index contributed by atoms with van der Waals surface area (Å²) >= 11 is 0. The van der Waals surface area contributed by atoms with Gasteiger partial charge in [-0.15, -0.1) is 12.3 Å². The molecule has 6 nitrogen and oxygen atoms in total. The molecule has 0 radical (unpaired) electrons. The van der Waals surface area contributed by atoms with Gasteiger partial charge in [-0.05, 0) is 59.0 Å². The maximum Gasteiger partial charge on any atom is 0.417 e. The molecule has 1 unspecified atom stereocenters. The first-order chi connectivity index (χ1) is 12.1. The minimum absolute atomic E-state index is 0.205. The number of imide groups is 1. The second-order valence-corrected chi connectivity index (χ2v) is 7.45. The van der Waals surface area contributed by atoms with E-state index >= 15 is 0 Å². The highest BCUT2D eigenvalue weighted by Crippen LogP contribution is 2.45. The fourth-order valence-corrected chi connectivity index (χ4v) is 3.16. The zero-order valence-corrected chi connectivity index (χ0v) is 16.2. The van der Waals surface area contributed by atoms with Gasteiger partial charge in [0.25, 0.3) is 0 Å². The van der Waals surface area contributed by atoms with Crippen LogP contribution >= 0.6 is 0 Å². The van der Waals surface area contributed by atoms with Crippen LogP contribution in [0.25, 0.3) is 0 Å². The van der Waals surface area contributed by atoms with E-state index in [1.165, 1.54) is 7.11 Å². The number of carbonyl (C=O) groups is 3. The highest BCUT2D eigenvalue weighted by molar-refractivity contribution is 6.02. The Morgan fingerprint density at radius 1 is 1.35 bits per heavy atom. The van der Waals surface area contributed by atoms with Crippen LogP contribution in [0, 0.1) is 5.41 Å². The first-order valence-corrected chi connectivity index (χ1v) is 8.71. The lowest BCUT2D eigenvalue weighted by molar-refractivity contribution is -0.149. The Kier molecular flexibility index (Phi) is 7.40. The van der Waals surface area contributed by atoms with Crippen molar-refractivity contribution in [1.29, 1.82) is 0 Å². The molecule has 0 aromatic heterocycles. The van der Waals surface area contributed by atoms with Crippen LogP contribution in [0.15, 0.2) is 31.0 Å². The summed E-state index contributed by atoms with van der Waals surface area (Å²) in [4.78, 5) is 39.0. The van der Waals surface area contributed by atoms with Crippen LogP contribution in [0.3, 0.4) is 0 Å². The van der Waals surface area contributed by atoms with Crippen LogP contribution in [-0.4, -0.2) is 41.6 Å². The molecule has 0 aromatic carbocycles. The smallest absolute Gasteiger partial charge is 0.417 e. The molecule has 1 fully saturated rings. The number of hydrogen-bond acceptors (Lipinski definition) is 5. The van der Waals surface area contributed by atoms with Crippen molar-refractivity contribution in [2.45, 2.75) is 64.5 Å². The fraction of sp³-hybridized carbons (Fsp3) is 0.600. The Hall–Kier alpha value is -2.33. The molecule has 0 spiro atoms. The molecule has 0 N–H and O–H groups in total. The lowest BCUT2D eigenvalue weighted by Crippen LogP contribution is -2.47. The van der Waals surface area contributed by atoms with Crippen molar-refractivity contribution in [3.05, 3.63) is 31.0 Å². The van der Waals surface area contributed by atoms with Crippen molar-refractivity contribution >= 4 is 18.0 Å². The van der Waals surface area contributed by atoms with Crippen molar-refractivity contribution in [3.8, 4) is 0 Å². The Morgan fingerprint density at radius 3 is 2.46 bits per heavy atom. The molecule has 1 aliphatic rings. The van der Waals surface area contributed by atoms with Gasteiger partial charge in [-0.2, -0.15) is 0 Å². The largest absolute Gasteiger partial charge is 0.467 e. The van der Waals surface area contributed by atoms with E-state index in [1.807, 2.05) is 0 Å². The maximum absolute atomic E-state index is 13.2. The molecule has 1 rings (SSSR count). The van der Waals surface area contributed by atoms with E-state index in [2.05, 4.69) is 18.9 Å². The number of amides is 2. The molecule has 1 saturated heterocycles. The summed E-state index contributed by atoms with van der Waals surface area (Å²) in [7, 11) is 1.24. The third-order valence-corrected chi connectivity index (χ3v) is 4.37. The van der Waals surface area contributed by atoms with E-state index in [-0.39, 0.29) is 6.42 Å². The number of likely N-dealkylation sites (tertiary alicyclic amines) is 1. The average Bonchev–Trinajstić information content (AvgIpc) is 2.84. The molecule has 2 atom stereocenters. The van der Waals surface area contributed by atoms with Gasteiger partial charge in [-0.25, -0.2) is 14.5 Å². The van der Waals surface area contributed by atoms with Gasteiger partial charge in [0.15, 0.2) is 0 Å². The Bertz CT molecular complexity index is 612. The van der Waals surface area contributed by atoms with Crippen LogP contribution in [0.5, 0.6) is 0 Å². The molecule has 1 aliphatic heterocycles. The minimum atomic E-state index is -0.986. The van der Waals surface area contributed by atoms with Gasteiger partial charge in [-0.1, -0.05) is 12.7 Å². The summed E-state index contributed by atoms with van der Waals surface area (Å²) in [5.74, 6) is -1.02. The highest BCUT2D eigenvalue weighted by atomic mass is 16.6. The molecule has 144 valence electrons. The molecule has 6 heteroatoms. The third kappa shape index (κ3) is 5.09. The summed E-state index contributed by atoms with van der Waals surface area (Å²) in [6.45, 7) is 12.4. The predicted molar refractivity (Wildman–Crippen MR) is 98.3 cm³/mol. The zero-order valence-electron chi connectivity index (χ0n) is 16.2. The quantitative estimate of drug-likeness (QED) is 0.391. The fourth-order valence-electron chi connectivity index (χ4n) is 3.16. The van der Waals surface area contributed by atoms with Crippen molar-refractivity contribution in [2.75, 3.05) is 7.11 Å². The summed E-state index contributed by atoms with van der Waals surface area (Å²) in [5, 5.41) is 0. The number of methoxy groups -OCH3 is 1. The molecule has 2 amide bonds. The normalized spacial score (nSPS) is 22.5. The first kappa shape index (κ1) is 21.7. The lowest BCUT2D eigenvalue weighted by Gasteiger charge is -2.28. The van der Waals surface area contributed by atoms with E-state index in [4.69, 9.17) is 9.47 Å². The first-order valence-electron chi connectivity index (χ1n) is 8.71. The van der Waals surface area contributed by atoms with Crippen LogP contribution in [0.4, 0.5) is 4.79 Å².